The summed E-state index contributed by atoms with van der Waals surface area (Å²) in [5, 5.41) is 0. The number of rotatable bonds is 1. The summed E-state index contributed by atoms with van der Waals surface area (Å²) in [5.74, 6) is 0.314. The first kappa shape index (κ1) is 7.79. The summed E-state index contributed by atoms with van der Waals surface area (Å²) in [6, 6.07) is 0. The van der Waals surface area contributed by atoms with E-state index in [0.29, 0.717) is 5.76 Å². The SMILES string of the molecule is CC(C)=C/C=C1\C=CC(=O)O1. The van der Waals surface area contributed by atoms with E-state index in [1.54, 1.807) is 12.2 Å². The lowest BCUT2D eigenvalue weighted by atomic mass is 10.3. The number of carbonyl (C=O) groups excluding carboxylic acids is 1. The Balaban J connectivity index is 2.64. The van der Waals surface area contributed by atoms with E-state index in [1.807, 2.05) is 19.9 Å². The van der Waals surface area contributed by atoms with Crippen molar-refractivity contribution in [2.75, 3.05) is 0 Å². The van der Waals surface area contributed by atoms with Gasteiger partial charge in [0, 0.05) is 6.08 Å². The van der Waals surface area contributed by atoms with Gasteiger partial charge in [-0.25, -0.2) is 4.79 Å². The molecule has 0 saturated heterocycles. The second kappa shape index (κ2) is 3.19. The maximum absolute atomic E-state index is 10.5. The third-order valence-corrected chi connectivity index (χ3v) is 1.18. The first-order chi connectivity index (χ1) is 5.18. The lowest BCUT2D eigenvalue weighted by Gasteiger charge is -1.91. The zero-order valence-electron chi connectivity index (χ0n) is 6.63. The highest BCUT2D eigenvalue weighted by Crippen LogP contribution is 2.09. The summed E-state index contributed by atoms with van der Waals surface area (Å²) in [5.41, 5.74) is 1.17. The van der Waals surface area contributed by atoms with E-state index < -0.39 is 0 Å². The molecule has 1 aliphatic heterocycles. The predicted molar refractivity (Wildman–Crippen MR) is 42.7 cm³/mol. The Morgan fingerprint density at radius 1 is 1.45 bits per heavy atom. The van der Waals surface area contributed by atoms with Crippen molar-refractivity contribution in [2.24, 2.45) is 0 Å². The number of esters is 1. The van der Waals surface area contributed by atoms with Crippen LogP contribution in [0.1, 0.15) is 13.8 Å². The van der Waals surface area contributed by atoms with Crippen LogP contribution in [0.5, 0.6) is 0 Å². The van der Waals surface area contributed by atoms with Crippen LogP contribution in [0.15, 0.2) is 35.6 Å². The van der Waals surface area contributed by atoms with Crippen LogP contribution in [0.2, 0.25) is 0 Å². The second-order valence-corrected chi connectivity index (χ2v) is 2.57. The molecule has 2 nitrogen and oxygen atoms in total. The fourth-order valence-electron chi connectivity index (χ4n) is 0.673. The normalized spacial score (nSPS) is 18.7. The van der Waals surface area contributed by atoms with E-state index in [1.165, 1.54) is 11.6 Å². The average Bonchev–Trinajstić information content (AvgIpc) is 2.31. The van der Waals surface area contributed by atoms with Crippen LogP contribution in [-0.2, 0) is 9.53 Å². The van der Waals surface area contributed by atoms with Crippen LogP contribution in [0.25, 0.3) is 0 Å². The number of ether oxygens (including phenoxy) is 1. The van der Waals surface area contributed by atoms with Crippen molar-refractivity contribution < 1.29 is 9.53 Å². The predicted octanol–water partition coefficient (Wildman–Crippen LogP) is 1.95. The summed E-state index contributed by atoms with van der Waals surface area (Å²) >= 11 is 0. The average molecular weight is 150 g/mol. The first-order valence-corrected chi connectivity index (χ1v) is 3.43. The van der Waals surface area contributed by atoms with Crippen LogP contribution in [0, 0.1) is 0 Å². The summed E-state index contributed by atoms with van der Waals surface area (Å²) in [6.45, 7) is 3.97. The monoisotopic (exact) mass is 150 g/mol. The number of hydrogen-bond donors (Lipinski definition) is 0. The standard InChI is InChI=1S/C9H10O2/c1-7(2)3-4-8-5-6-9(10)11-8/h3-6H,1-2H3/b8-4+. The Morgan fingerprint density at radius 3 is 2.64 bits per heavy atom. The second-order valence-electron chi connectivity index (χ2n) is 2.57. The Kier molecular flexibility index (Phi) is 2.26. The molecule has 2 heteroatoms. The lowest BCUT2D eigenvalue weighted by molar-refractivity contribution is -0.132. The zero-order valence-corrected chi connectivity index (χ0v) is 6.63. The molecule has 1 rings (SSSR count). The van der Waals surface area contributed by atoms with Gasteiger partial charge in [-0.05, 0) is 26.0 Å². The number of allylic oxidation sites excluding steroid dienone is 4. The van der Waals surface area contributed by atoms with E-state index in [-0.39, 0.29) is 5.97 Å². The Hall–Kier alpha value is -1.31. The summed E-state index contributed by atoms with van der Waals surface area (Å²) in [6.07, 6.45) is 6.74. The molecule has 0 spiro atoms. The van der Waals surface area contributed by atoms with Gasteiger partial charge in [0.05, 0.1) is 0 Å². The molecule has 58 valence electrons. The van der Waals surface area contributed by atoms with Gasteiger partial charge in [-0.2, -0.15) is 0 Å². The molecule has 0 saturated carbocycles. The molecule has 0 aromatic heterocycles. The van der Waals surface area contributed by atoms with Crippen LogP contribution >= 0.6 is 0 Å². The van der Waals surface area contributed by atoms with Gasteiger partial charge < -0.3 is 4.74 Å². The molecule has 1 heterocycles. The molecule has 0 unspecified atom stereocenters. The molecule has 0 aromatic carbocycles. The van der Waals surface area contributed by atoms with Crippen molar-refractivity contribution in [3.63, 3.8) is 0 Å². The highest BCUT2D eigenvalue weighted by molar-refractivity contribution is 5.86. The van der Waals surface area contributed by atoms with Crippen molar-refractivity contribution in [3.8, 4) is 0 Å². The molecule has 0 amide bonds. The number of carbonyl (C=O) groups is 1. The topological polar surface area (TPSA) is 26.3 Å². The number of hydrogen-bond acceptors (Lipinski definition) is 2. The highest BCUT2D eigenvalue weighted by atomic mass is 16.5. The molecular formula is C9H10O2. The molecule has 0 atom stereocenters. The van der Waals surface area contributed by atoms with Gasteiger partial charge in [0.25, 0.3) is 0 Å². The fraction of sp³-hybridized carbons (Fsp3) is 0.222. The van der Waals surface area contributed by atoms with Crippen LogP contribution < -0.4 is 0 Å². The zero-order chi connectivity index (χ0) is 8.27. The molecule has 0 N–H and O–H groups in total. The smallest absolute Gasteiger partial charge is 0.336 e. The van der Waals surface area contributed by atoms with Crippen LogP contribution in [0.3, 0.4) is 0 Å². The quantitative estimate of drug-likeness (QED) is 0.534. The van der Waals surface area contributed by atoms with Crippen molar-refractivity contribution in [3.05, 3.63) is 35.6 Å². The van der Waals surface area contributed by atoms with E-state index in [0.717, 1.165) is 0 Å². The maximum atomic E-state index is 10.5. The van der Waals surface area contributed by atoms with E-state index in [4.69, 9.17) is 4.74 Å². The van der Waals surface area contributed by atoms with E-state index in [2.05, 4.69) is 0 Å². The minimum absolute atomic E-state index is 0.293. The van der Waals surface area contributed by atoms with Gasteiger partial charge in [-0.3, -0.25) is 0 Å². The molecule has 0 fully saturated rings. The minimum Gasteiger partial charge on any atom is -0.423 e. The molecule has 0 aliphatic carbocycles. The highest BCUT2D eigenvalue weighted by Gasteiger charge is 2.06. The van der Waals surface area contributed by atoms with E-state index in [9.17, 15) is 4.79 Å². The summed E-state index contributed by atoms with van der Waals surface area (Å²) < 4.78 is 4.78. The van der Waals surface area contributed by atoms with Gasteiger partial charge in [-0.1, -0.05) is 11.6 Å². The van der Waals surface area contributed by atoms with Crippen molar-refractivity contribution in [2.45, 2.75) is 13.8 Å². The molecule has 0 bridgehead atoms. The van der Waals surface area contributed by atoms with Gasteiger partial charge in [0.15, 0.2) is 0 Å². The van der Waals surface area contributed by atoms with Gasteiger partial charge in [-0.15, -0.1) is 0 Å². The van der Waals surface area contributed by atoms with Crippen molar-refractivity contribution in [1.82, 2.24) is 0 Å². The number of cyclic esters (lactones) is 1. The van der Waals surface area contributed by atoms with Crippen LogP contribution in [-0.4, -0.2) is 5.97 Å². The van der Waals surface area contributed by atoms with Gasteiger partial charge in [0.1, 0.15) is 5.76 Å². The molecule has 1 aliphatic rings. The Morgan fingerprint density at radius 2 is 2.18 bits per heavy atom. The molecule has 11 heavy (non-hydrogen) atoms. The third-order valence-electron chi connectivity index (χ3n) is 1.18. The molecule has 0 radical (unpaired) electrons. The van der Waals surface area contributed by atoms with E-state index >= 15 is 0 Å². The first-order valence-electron chi connectivity index (χ1n) is 3.43. The Bertz CT molecular complexity index is 253. The van der Waals surface area contributed by atoms with Gasteiger partial charge >= 0.3 is 5.97 Å². The van der Waals surface area contributed by atoms with Crippen molar-refractivity contribution >= 4 is 5.97 Å². The summed E-state index contributed by atoms with van der Waals surface area (Å²) in [4.78, 5) is 10.5. The van der Waals surface area contributed by atoms with Crippen molar-refractivity contribution in [1.29, 1.82) is 0 Å². The summed E-state index contributed by atoms with van der Waals surface area (Å²) in [7, 11) is 0. The van der Waals surface area contributed by atoms with Crippen LogP contribution in [0.4, 0.5) is 0 Å². The molecule has 0 aromatic rings. The fourth-order valence-corrected chi connectivity index (χ4v) is 0.673. The molecular weight excluding hydrogens is 140 g/mol. The Labute approximate surface area is 65.9 Å². The third kappa shape index (κ3) is 2.42. The minimum atomic E-state index is -0.293. The van der Waals surface area contributed by atoms with Gasteiger partial charge in [0.2, 0.25) is 0 Å². The lowest BCUT2D eigenvalue weighted by Crippen LogP contribution is -1.89. The maximum Gasteiger partial charge on any atom is 0.336 e. The largest absolute Gasteiger partial charge is 0.423 e.